The normalized spacial score (nSPS) is 16.5. The molecule has 0 saturated heterocycles. The summed E-state index contributed by atoms with van der Waals surface area (Å²) in [5, 5.41) is 12.2. The quantitative estimate of drug-likeness (QED) is 0.716. The Labute approximate surface area is 124 Å². The van der Waals surface area contributed by atoms with Gasteiger partial charge in [-0.15, -0.1) is 0 Å². The van der Waals surface area contributed by atoms with E-state index in [9.17, 15) is 13.2 Å². The van der Waals surface area contributed by atoms with Crippen LogP contribution in [0.5, 0.6) is 0 Å². The summed E-state index contributed by atoms with van der Waals surface area (Å²) in [4.78, 5) is 11.1. The SMILES string of the molecule is CCC(C)NS(=O)(=O)c1cc(C(=O)O)ccc1NC1CC1. The Bertz CT molecular complexity index is 638. The molecule has 0 bridgehead atoms. The maximum Gasteiger partial charge on any atom is 0.335 e. The Kier molecular flexibility index (Phi) is 4.53. The maximum atomic E-state index is 12.5. The van der Waals surface area contributed by atoms with E-state index in [-0.39, 0.29) is 22.5 Å². The van der Waals surface area contributed by atoms with Gasteiger partial charge in [0.2, 0.25) is 10.0 Å². The minimum Gasteiger partial charge on any atom is -0.478 e. The van der Waals surface area contributed by atoms with Gasteiger partial charge in [-0.2, -0.15) is 0 Å². The van der Waals surface area contributed by atoms with E-state index >= 15 is 0 Å². The first-order valence-electron chi connectivity index (χ1n) is 6.99. The van der Waals surface area contributed by atoms with Crippen LogP contribution in [0.1, 0.15) is 43.5 Å². The van der Waals surface area contributed by atoms with E-state index in [1.807, 2.05) is 6.92 Å². The van der Waals surface area contributed by atoms with Gasteiger partial charge in [0.15, 0.2) is 0 Å². The van der Waals surface area contributed by atoms with E-state index < -0.39 is 16.0 Å². The molecular weight excluding hydrogens is 292 g/mol. The third-order valence-corrected chi connectivity index (χ3v) is 5.05. The number of carboxylic acid groups (broad SMARTS) is 1. The molecule has 3 N–H and O–H groups in total. The van der Waals surface area contributed by atoms with E-state index in [0.29, 0.717) is 12.1 Å². The smallest absolute Gasteiger partial charge is 0.335 e. The van der Waals surface area contributed by atoms with E-state index in [2.05, 4.69) is 10.0 Å². The Hall–Kier alpha value is -1.60. The van der Waals surface area contributed by atoms with Crippen LogP contribution in [0.15, 0.2) is 23.1 Å². The highest BCUT2D eigenvalue weighted by atomic mass is 32.2. The van der Waals surface area contributed by atoms with Crippen LogP contribution in [0.4, 0.5) is 5.69 Å². The molecule has 1 fully saturated rings. The third-order valence-electron chi connectivity index (χ3n) is 3.42. The highest BCUT2D eigenvalue weighted by Crippen LogP contribution is 2.30. The lowest BCUT2D eigenvalue weighted by atomic mass is 10.2. The van der Waals surface area contributed by atoms with Crippen molar-refractivity contribution in [2.45, 2.75) is 50.1 Å². The minimum atomic E-state index is -3.75. The third kappa shape index (κ3) is 3.95. The van der Waals surface area contributed by atoms with E-state index in [1.54, 1.807) is 6.92 Å². The second-order valence-electron chi connectivity index (χ2n) is 5.37. The minimum absolute atomic E-state index is 0.00500. The standard InChI is InChI=1S/C14H20N2O4S/c1-3-9(2)16-21(19,20)13-8-10(14(17)18)4-7-12(13)15-11-5-6-11/h4,7-9,11,15-16H,3,5-6H2,1-2H3,(H,17,18). The zero-order chi connectivity index (χ0) is 15.6. The molecule has 1 aliphatic rings. The molecule has 2 rings (SSSR count). The predicted molar refractivity (Wildman–Crippen MR) is 80.1 cm³/mol. The highest BCUT2D eigenvalue weighted by molar-refractivity contribution is 7.89. The predicted octanol–water partition coefficient (Wildman–Crippen LogP) is 2.04. The van der Waals surface area contributed by atoms with Crippen molar-refractivity contribution in [3.05, 3.63) is 23.8 Å². The second kappa shape index (κ2) is 6.03. The fourth-order valence-corrected chi connectivity index (χ4v) is 3.38. The zero-order valence-electron chi connectivity index (χ0n) is 12.1. The molecule has 0 spiro atoms. The number of aromatic carboxylic acids is 1. The molecule has 116 valence electrons. The van der Waals surface area contributed by atoms with Crippen molar-refractivity contribution < 1.29 is 18.3 Å². The van der Waals surface area contributed by atoms with Crippen LogP contribution in [0.25, 0.3) is 0 Å². The molecule has 0 radical (unpaired) electrons. The molecule has 0 heterocycles. The first kappa shape index (κ1) is 15.8. The van der Waals surface area contributed by atoms with Crippen LogP contribution in [-0.4, -0.2) is 31.6 Å². The topological polar surface area (TPSA) is 95.5 Å². The van der Waals surface area contributed by atoms with Crippen molar-refractivity contribution >= 4 is 21.7 Å². The summed E-state index contributed by atoms with van der Waals surface area (Å²) in [7, 11) is -3.75. The zero-order valence-corrected chi connectivity index (χ0v) is 12.9. The highest BCUT2D eigenvalue weighted by Gasteiger charge is 2.27. The molecular formula is C14H20N2O4S. The molecule has 1 saturated carbocycles. The molecule has 0 amide bonds. The molecule has 0 aliphatic heterocycles. The van der Waals surface area contributed by atoms with Gasteiger partial charge in [-0.25, -0.2) is 17.9 Å². The summed E-state index contributed by atoms with van der Waals surface area (Å²) < 4.78 is 27.5. The molecule has 0 aromatic heterocycles. The average Bonchev–Trinajstić information content (AvgIpc) is 3.22. The molecule has 1 aromatic rings. The van der Waals surface area contributed by atoms with Gasteiger partial charge in [0.25, 0.3) is 0 Å². The summed E-state index contributed by atoms with van der Waals surface area (Å²) >= 11 is 0. The van der Waals surface area contributed by atoms with Crippen molar-refractivity contribution in [2.75, 3.05) is 5.32 Å². The largest absolute Gasteiger partial charge is 0.478 e. The summed E-state index contributed by atoms with van der Waals surface area (Å²) in [6, 6.07) is 4.20. The van der Waals surface area contributed by atoms with E-state index in [0.717, 1.165) is 12.8 Å². The molecule has 7 heteroatoms. The molecule has 1 aliphatic carbocycles. The van der Waals surface area contributed by atoms with Crippen molar-refractivity contribution in [1.29, 1.82) is 0 Å². The van der Waals surface area contributed by atoms with Gasteiger partial charge in [0, 0.05) is 12.1 Å². The number of anilines is 1. The number of hydrogen-bond acceptors (Lipinski definition) is 4. The molecule has 1 aromatic carbocycles. The average molecular weight is 312 g/mol. The molecule has 1 atom stereocenters. The fraction of sp³-hybridized carbons (Fsp3) is 0.500. The fourth-order valence-electron chi connectivity index (χ4n) is 1.86. The second-order valence-corrected chi connectivity index (χ2v) is 7.05. The van der Waals surface area contributed by atoms with Crippen LogP contribution in [0.3, 0.4) is 0 Å². The number of hydrogen-bond donors (Lipinski definition) is 3. The summed E-state index contributed by atoms with van der Waals surface area (Å²) in [6.07, 6.45) is 2.65. The van der Waals surface area contributed by atoms with Crippen LogP contribution in [-0.2, 0) is 10.0 Å². The van der Waals surface area contributed by atoms with Crippen LogP contribution in [0, 0.1) is 0 Å². The summed E-state index contributed by atoms with van der Waals surface area (Å²) in [5.74, 6) is -1.15. The Morgan fingerprint density at radius 3 is 2.62 bits per heavy atom. The van der Waals surface area contributed by atoms with Crippen molar-refractivity contribution in [3.63, 3.8) is 0 Å². The number of benzene rings is 1. The molecule has 6 nitrogen and oxygen atoms in total. The Morgan fingerprint density at radius 1 is 1.43 bits per heavy atom. The van der Waals surface area contributed by atoms with Gasteiger partial charge in [-0.05, 0) is 44.4 Å². The van der Waals surface area contributed by atoms with Gasteiger partial charge < -0.3 is 10.4 Å². The lowest BCUT2D eigenvalue weighted by Crippen LogP contribution is -2.32. The van der Waals surface area contributed by atoms with E-state index in [4.69, 9.17) is 5.11 Å². The summed E-state index contributed by atoms with van der Waals surface area (Å²) in [6.45, 7) is 3.65. The Morgan fingerprint density at radius 2 is 2.10 bits per heavy atom. The van der Waals surface area contributed by atoms with Crippen LogP contribution < -0.4 is 10.0 Å². The number of sulfonamides is 1. The number of nitrogens with one attached hydrogen (secondary N) is 2. The number of carboxylic acids is 1. The lowest BCUT2D eigenvalue weighted by Gasteiger charge is -2.16. The van der Waals surface area contributed by atoms with Gasteiger partial charge in [0.1, 0.15) is 4.90 Å². The van der Waals surface area contributed by atoms with Crippen molar-refractivity contribution in [1.82, 2.24) is 4.72 Å². The molecule has 1 unspecified atom stereocenters. The monoisotopic (exact) mass is 312 g/mol. The van der Waals surface area contributed by atoms with Gasteiger partial charge in [0.05, 0.1) is 11.3 Å². The van der Waals surface area contributed by atoms with Gasteiger partial charge >= 0.3 is 5.97 Å². The first-order valence-corrected chi connectivity index (χ1v) is 8.48. The van der Waals surface area contributed by atoms with Crippen molar-refractivity contribution in [2.24, 2.45) is 0 Å². The number of carbonyl (C=O) groups is 1. The van der Waals surface area contributed by atoms with Crippen molar-refractivity contribution in [3.8, 4) is 0 Å². The van der Waals surface area contributed by atoms with Gasteiger partial charge in [-0.1, -0.05) is 6.92 Å². The maximum absolute atomic E-state index is 12.5. The number of rotatable bonds is 7. The van der Waals surface area contributed by atoms with Gasteiger partial charge in [-0.3, -0.25) is 0 Å². The van der Waals surface area contributed by atoms with Crippen LogP contribution in [0.2, 0.25) is 0 Å². The van der Waals surface area contributed by atoms with Crippen LogP contribution >= 0.6 is 0 Å². The Balaban J connectivity index is 2.41. The lowest BCUT2D eigenvalue weighted by molar-refractivity contribution is 0.0696. The summed E-state index contributed by atoms with van der Waals surface area (Å²) in [5.41, 5.74) is 0.416. The first-order chi connectivity index (χ1) is 9.83. The van der Waals surface area contributed by atoms with E-state index in [1.165, 1.54) is 18.2 Å². The molecule has 21 heavy (non-hydrogen) atoms.